The van der Waals surface area contributed by atoms with Gasteiger partial charge in [0, 0.05) is 78.0 Å². The van der Waals surface area contributed by atoms with E-state index >= 15 is 0 Å². The third-order valence-corrected chi connectivity index (χ3v) is 5.20. The summed E-state index contributed by atoms with van der Waals surface area (Å²) in [5.74, 6) is -5.13. The van der Waals surface area contributed by atoms with Crippen LogP contribution in [-0.4, -0.2) is 122 Å². The highest BCUT2D eigenvalue weighted by Crippen LogP contribution is 2.09. The highest BCUT2D eigenvalue weighted by atomic mass is 16.4. The lowest BCUT2D eigenvalue weighted by atomic mass is 10.1. The first kappa shape index (κ1) is 26.8. The zero-order valence-corrected chi connectivity index (χ0v) is 17.8. The number of carboxylic acid groups (broad SMARTS) is 4. The SMILES string of the molecule is CCCC(C(=O)[O-])N1CCN(CC(=O)[O-])CCN(CC(=O)[O-])CCN(CC(=O)[O-])CC1. The molecule has 1 atom stereocenters. The number of carbonyl (C=O) groups is 4. The van der Waals surface area contributed by atoms with Gasteiger partial charge in [0.25, 0.3) is 0 Å². The maximum Gasteiger partial charge on any atom is 0.0586 e. The second-order valence-electron chi connectivity index (χ2n) is 7.60. The number of aliphatic carboxylic acids is 4. The molecule has 12 nitrogen and oxygen atoms in total. The Balaban J connectivity index is 3.06. The van der Waals surface area contributed by atoms with Crippen LogP contribution in [0.15, 0.2) is 0 Å². The molecule has 1 aliphatic rings. The average Bonchev–Trinajstić information content (AvgIpc) is 2.65. The van der Waals surface area contributed by atoms with Crippen LogP contribution in [0.25, 0.3) is 0 Å². The van der Waals surface area contributed by atoms with E-state index < -0.39 is 29.9 Å². The topological polar surface area (TPSA) is 173 Å². The molecule has 1 saturated heterocycles. The fourth-order valence-electron chi connectivity index (χ4n) is 3.61. The minimum atomic E-state index is -1.30. The summed E-state index contributed by atoms with van der Waals surface area (Å²) in [5.41, 5.74) is 0. The van der Waals surface area contributed by atoms with Gasteiger partial charge >= 0.3 is 0 Å². The van der Waals surface area contributed by atoms with E-state index in [4.69, 9.17) is 0 Å². The molecule has 0 N–H and O–H groups in total. The molecule has 0 aliphatic carbocycles. The number of hydrogen-bond donors (Lipinski definition) is 0. The van der Waals surface area contributed by atoms with Crippen molar-refractivity contribution >= 4 is 23.9 Å². The van der Waals surface area contributed by atoms with E-state index in [1.807, 2.05) is 6.92 Å². The largest absolute Gasteiger partial charge is 0.549 e. The molecule has 0 aromatic carbocycles. The zero-order valence-electron chi connectivity index (χ0n) is 17.8. The Kier molecular flexibility index (Phi) is 12.0. The van der Waals surface area contributed by atoms with Crippen molar-refractivity contribution in [1.29, 1.82) is 0 Å². The third-order valence-electron chi connectivity index (χ3n) is 5.20. The standard InChI is InChI=1S/C19H34N4O8/c1-2-3-15(19(30)31)23-10-8-21(13-17(26)27)6-4-20(12-16(24)25)5-7-22(9-11-23)14-18(28)29/h15H,2-14H2,1H3,(H,24,25)(H,26,27)(H,28,29)(H,30,31)/p-4. The number of carboxylic acids is 4. The van der Waals surface area contributed by atoms with E-state index in [1.54, 1.807) is 19.6 Å². The molecule has 0 amide bonds. The summed E-state index contributed by atoms with van der Waals surface area (Å²) in [6, 6.07) is -0.892. The van der Waals surface area contributed by atoms with Crippen LogP contribution in [-0.2, 0) is 19.2 Å². The maximum absolute atomic E-state index is 11.7. The molecule has 0 aromatic rings. The molecular formula is C19H30N4O8-4. The van der Waals surface area contributed by atoms with Gasteiger partial charge < -0.3 is 39.6 Å². The quantitative estimate of drug-likeness (QED) is 0.313. The zero-order chi connectivity index (χ0) is 23.4. The van der Waals surface area contributed by atoms with Crippen LogP contribution in [0.1, 0.15) is 19.8 Å². The highest BCUT2D eigenvalue weighted by molar-refractivity contribution is 5.71. The van der Waals surface area contributed by atoms with Crippen molar-refractivity contribution in [3.05, 3.63) is 0 Å². The Bertz CT molecular complexity index is 586. The summed E-state index contributed by atoms with van der Waals surface area (Å²) < 4.78 is 0. The van der Waals surface area contributed by atoms with Crippen molar-refractivity contribution in [2.75, 3.05) is 72.0 Å². The van der Waals surface area contributed by atoms with Gasteiger partial charge in [0.05, 0.1) is 23.9 Å². The smallest absolute Gasteiger partial charge is 0.0586 e. The first-order valence-electron chi connectivity index (χ1n) is 10.3. The van der Waals surface area contributed by atoms with E-state index in [9.17, 15) is 39.6 Å². The number of rotatable bonds is 10. The Morgan fingerprint density at radius 1 is 0.645 bits per heavy atom. The third kappa shape index (κ3) is 11.1. The molecule has 0 bridgehead atoms. The normalized spacial score (nSPS) is 19.8. The number of hydrogen-bond acceptors (Lipinski definition) is 12. The van der Waals surface area contributed by atoms with Gasteiger partial charge in [0.2, 0.25) is 0 Å². The molecule has 178 valence electrons. The Morgan fingerprint density at radius 2 is 0.968 bits per heavy atom. The van der Waals surface area contributed by atoms with Crippen LogP contribution in [0, 0.1) is 0 Å². The van der Waals surface area contributed by atoms with Crippen molar-refractivity contribution < 1.29 is 39.6 Å². The summed E-state index contributed by atoms with van der Waals surface area (Å²) in [5, 5.41) is 45.0. The lowest BCUT2D eigenvalue weighted by Crippen LogP contribution is -2.55. The molecular weight excluding hydrogens is 412 g/mol. The monoisotopic (exact) mass is 442 g/mol. The lowest BCUT2D eigenvalue weighted by Gasteiger charge is -2.38. The second-order valence-corrected chi connectivity index (χ2v) is 7.60. The van der Waals surface area contributed by atoms with E-state index in [-0.39, 0.29) is 72.0 Å². The molecule has 0 saturated carbocycles. The fraction of sp³-hybridized carbons (Fsp3) is 0.789. The first-order valence-corrected chi connectivity index (χ1v) is 10.3. The summed E-state index contributed by atoms with van der Waals surface area (Å²) in [7, 11) is 0. The Hall–Kier alpha value is -2.28. The lowest BCUT2D eigenvalue weighted by molar-refractivity contribution is -0.313. The maximum atomic E-state index is 11.7. The molecule has 0 radical (unpaired) electrons. The molecule has 12 heteroatoms. The van der Waals surface area contributed by atoms with E-state index in [1.165, 1.54) is 0 Å². The molecule has 1 heterocycles. The van der Waals surface area contributed by atoms with Crippen molar-refractivity contribution in [3.8, 4) is 0 Å². The molecule has 1 fully saturated rings. The van der Waals surface area contributed by atoms with Gasteiger partial charge in [-0.25, -0.2) is 0 Å². The van der Waals surface area contributed by atoms with Gasteiger partial charge in [-0.3, -0.25) is 19.6 Å². The second kappa shape index (κ2) is 13.9. The summed E-state index contributed by atoms with van der Waals surface area (Å²) in [4.78, 5) is 51.3. The first-order chi connectivity index (χ1) is 14.6. The van der Waals surface area contributed by atoms with Crippen LogP contribution >= 0.6 is 0 Å². The molecule has 1 unspecified atom stereocenters. The minimum Gasteiger partial charge on any atom is -0.549 e. The summed E-state index contributed by atoms with van der Waals surface area (Å²) in [6.45, 7) is 2.37. The molecule has 1 rings (SSSR count). The molecule has 0 aromatic heterocycles. The van der Waals surface area contributed by atoms with Crippen molar-refractivity contribution in [3.63, 3.8) is 0 Å². The van der Waals surface area contributed by atoms with Crippen molar-refractivity contribution in [2.24, 2.45) is 0 Å². The summed E-state index contributed by atoms with van der Waals surface area (Å²) in [6.07, 6.45) is 0.932. The Morgan fingerprint density at radius 3 is 1.23 bits per heavy atom. The van der Waals surface area contributed by atoms with E-state index in [2.05, 4.69) is 0 Å². The van der Waals surface area contributed by atoms with Gasteiger partial charge in [-0.1, -0.05) is 13.3 Å². The van der Waals surface area contributed by atoms with E-state index in [0.717, 1.165) is 0 Å². The minimum absolute atomic E-state index is 0.208. The van der Waals surface area contributed by atoms with Gasteiger partial charge in [0.1, 0.15) is 0 Å². The highest BCUT2D eigenvalue weighted by Gasteiger charge is 2.22. The fourth-order valence-corrected chi connectivity index (χ4v) is 3.61. The Labute approximate surface area is 181 Å². The van der Waals surface area contributed by atoms with Crippen LogP contribution in [0.4, 0.5) is 0 Å². The van der Waals surface area contributed by atoms with Crippen LogP contribution in [0.3, 0.4) is 0 Å². The molecule has 1 aliphatic heterocycles. The van der Waals surface area contributed by atoms with Gasteiger partial charge in [-0.05, 0) is 6.42 Å². The number of carbonyl (C=O) groups excluding carboxylic acids is 4. The molecule has 0 spiro atoms. The van der Waals surface area contributed by atoms with Crippen LogP contribution in [0.2, 0.25) is 0 Å². The van der Waals surface area contributed by atoms with Crippen molar-refractivity contribution in [2.45, 2.75) is 25.8 Å². The van der Waals surface area contributed by atoms with E-state index in [0.29, 0.717) is 12.8 Å². The van der Waals surface area contributed by atoms with Crippen LogP contribution < -0.4 is 20.4 Å². The van der Waals surface area contributed by atoms with Gasteiger partial charge in [-0.15, -0.1) is 0 Å². The average molecular weight is 442 g/mol. The predicted molar refractivity (Wildman–Crippen MR) is 99.6 cm³/mol. The molecule has 31 heavy (non-hydrogen) atoms. The number of nitrogens with zero attached hydrogens (tertiary/aromatic N) is 4. The van der Waals surface area contributed by atoms with Gasteiger partial charge in [-0.2, -0.15) is 0 Å². The van der Waals surface area contributed by atoms with Crippen molar-refractivity contribution in [1.82, 2.24) is 19.6 Å². The van der Waals surface area contributed by atoms with Crippen LogP contribution in [0.5, 0.6) is 0 Å². The predicted octanol–water partition coefficient (Wildman–Crippen LogP) is -6.62. The summed E-state index contributed by atoms with van der Waals surface area (Å²) >= 11 is 0. The van der Waals surface area contributed by atoms with Gasteiger partial charge in [0.15, 0.2) is 0 Å².